The van der Waals surface area contributed by atoms with Crippen molar-refractivity contribution in [1.82, 2.24) is 0 Å². The van der Waals surface area contributed by atoms with Crippen LogP contribution in [-0.4, -0.2) is 29.0 Å². The third-order valence-electron chi connectivity index (χ3n) is 1.58. The molecule has 0 bridgehead atoms. The third-order valence-corrected chi connectivity index (χ3v) is 1.58. The number of hydrogen-bond donors (Lipinski definition) is 3. The Bertz CT molecular complexity index is 85.7. The van der Waals surface area contributed by atoms with Crippen LogP contribution in [0.2, 0.25) is 0 Å². The highest BCUT2D eigenvalue weighted by Crippen LogP contribution is 2.06. The average molecular weight is 147 g/mol. The lowest BCUT2D eigenvalue weighted by Crippen LogP contribution is -2.38. The second kappa shape index (κ2) is 4.66. The third kappa shape index (κ3) is 3.15. The molecule has 3 nitrogen and oxygen atoms in total. The monoisotopic (exact) mass is 147 g/mol. The van der Waals surface area contributed by atoms with E-state index in [1.165, 1.54) is 0 Å². The molecule has 0 aliphatic heterocycles. The molecular weight excluding hydrogens is 130 g/mol. The molecule has 3 heteroatoms. The first-order chi connectivity index (χ1) is 4.59. The topological polar surface area (TPSA) is 66.5 Å². The number of aliphatic hydroxyl groups is 2. The Morgan fingerprint density at radius 3 is 2.20 bits per heavy atom. The van der Waals surface area contributed by atoms with Crippen molar-refractivity contribution < 1.29 is 10.2 Å². The van der Waals surface area contributed by atoms with Crippen molar-refractivity contribution in [1.29, 1.82) is 0 Å². The summed E-state index contributed by atoms with van der Waals surface area (Å²) < 4.78 is 0. The first-order valence-electron chi connectivity index (χ1n) is 3.64. The first kappa shape index (κ1) is 9.88. The number of aliphatic hydroxyl groups excluding tert-OH is 2. The maximum Gasteiger partial charge on any atom is 0.0714 e. The van der Waals surface area contributed by atoms with Crippen LogP contribution in [-0.2, 0) is 0 Å². The summed E-state index contributed by atoms with van der Waals surface area (Å²) in [6.45, 7) is 3.86. The Morgan fingerprint density at radius 1 is 1.40 bits per heavy atom. The van der Waals surface area contributed by atoms with Gasteiger partial charge in [0, 0.05) is 12.6 Å². The van der Waals surface area contributed by atoms with E-state index < -0.39 is 6.10 Å². The molecule has 62 valence electrons. The van der Waals surface area contributed by atoms with Gasteiger partial charge in [-0.1, -0.05) is 13.8 Å². The SMILES string of the molecule is CC(C)C(O)C(N)CCO. The molecule has 0 saturated heterocycles. The molecule has 0 spiro atoms. The summed E-state index contributed by atoms with van der Waals surface area (Å²) in [6.07, 6.45) is -0.0218. The zero-order valence-electron chi connectivity index (χ0n) is 6.62. The lowest BCUT2D eigenvalue weighted by molar-refractivity contribution is 0.0865. The van der Waals surface area contributed by atoms with Gasteiger partial charge in [-0.3, -0.25) is 0 Å². The zero-order chi connectivity index (χ0) is 8.15. The minimum Gasteiger partial charge on any atom is -0.396 e. The second-order valence-electron chi connectivity index (χ2n) is 2.91. The van der Waals surface area contributed by atoms with Crippen molar-refractivity contribution >= 4 is 0 Å². The molecular formula is C7H17NO2. The quantitative estimate of drug-likeness (QED) is 0.512. The van der Waals surface area contributed by atoms with E-state index in [-0.39, 0.29) is 18.6 Å². The highest BCUT2D eigenvalue weighted by molar-refractivity contribution is 4.73. The maximum absolute atomic E-state index is 9.29. The lowest BCUT2D eigenvalue weighted by atomic mass is 9.98. The van der Waals surface area contributed by atoms with Gasteiger partial charge in [0.1, 0.15) is 0 Å². The highest BCUT2D eigenvalue weighted by atomic mass is 16.3. The van der Waals surface area contributed by atoms with Crippen LogP contribution in [0, 0.1) is 5.92 Å². The standard InChI is InChI=1S/C7H17NO2/c1-5(2)7(10)6(8)3-4-9/h5-7,9-10H,3-4,8H2,1-2H3. The molecule has 0 radical (unpaired) electrons. The van der Waals surface area contributed by atoms with Gasteiger partial charge in [0.2, 0.25) is 0 Å². The summed E-state index contributed by atoms with van der Waals surface area (Å²) in [6, 6.07) is -0.287. The van der Waals surface area contributed by atoms with Crippen LogP contribution in [0.15, 0.2) is 0 Å². The fourth-order valence-electron chi connectivity index (χ4n) is 0.814. The molecule has 0 rings (SSSR count). The largest absolute Gasteiger partial charge is 0.396 e. The summed E-state index contributed by atoms with van der Waals surface area (Å²) in [7, 11) is 0. The van der Waals surface area contributed by atoms with Crippen LogP contribution in [0.5, 0.6) is 0 Å². The summed E-state index contributed by atoms with van der Waals surface area (Å²) in [5.41, 5.74) is 5.52. The van der Waals surface area contributed by atoms with E-state index in [9.17, 15) is 5.11 Å². The normalized spacial score (nSPS) is 17.4. The van der Waals surface area contributed by atoms with Gasteiger partial charge < -0.3 is 15.9 Å². The van der Waals surface area contributed by atoms with Crippen molar-refractivity contribution in [3.05, 3.63) is 0 Å². The molecule has 2 unspecified atom stereocenters. The van der Waals surface area contributed by atoms with Gasteiger partial charge in [-0.25, -0.2) is 0 Å². The Balaban J connectivity index is 3.58. The van der Waals surface area contributed by atoms with Crippen LogP contribution in [0.3, 0.4) is 0 Å². The predicted octanol–water partition coefficient (Wildman–Crippen LogP) is -0.287. The minimum absolute atomic E-state index is 0.0466. The van der Waals surface area contributed by atoms with Crippen LogP contribution in [0.1, 0.15) is 20.3 Å². The predicted molar refractivity (Wildman–Crippen MR) is 40.5 cm³/mol. The van der Waals surface area contributed by atoms with Crippen molar-refractivity contribution in [2.45, 2.75) is 32.4 Å². The van der Waals surface area contributed by atoms with Gasteiger partial charge in [0.05, 0.1) is 6.10 Å². The first-order valence-corrected chi connectivity index (χ1v) is 3.64. The number of rotatable bonds is 4. The summed E-state index contributed by atoms with van der Waals surface area (Å²) in [4.78, 5) is 0. The Labute approximate surface area is 61.9 Å². The minimum atomic E-state index is -0.493. The van der Waals surface area contributed by atoms with Crippen LogP contribution in [0.4, 0.5) is 0 Å². The second-order valence-corrected chi connectivity index (χ2v) is 2.91. The van der Waals surface area contributed by atoms with Gasteiger partial charge in [-0.15, -0.1) is 0 Å². The van der Waals surface area contributed by atoms with E-state index in [1.807, 2.05) is 13.8 Å². The van der Waals surface area contributed by atoms with Gasteiger partial charge >= 0.3 is 0 Å². The summed E-state index contributed by atoms with van der Waals surface area (Å²) >= 11 is 0. The van der Waals surface area contributed by atoms with E-state index in [0.29, 0.717) is 6.42 Å². The van der Waals surface area contributed by atoms with Gasteiger partial charge in [-0.05, 0) is 12.3 Å². The fraction of sp³-hybridized carbons (Fsp3) is 1.00. The fourth-order valence-corrected chi connectivity index (χ4v) is 0.814. The lowest BCUT2D eigenvalue weighted by Gasteiger charge is -2.20. The van der Waals surface area contributed by atoms with Crippen molar-refractivity contribution in [2.75, 3.05) is 6.61 Å². The Hall–Kier alpha value is -0.120. The van der Waals surface area contributed by atoms with Gasteiger partial charge in [0.25, 0.3) is 0 Å². The van der Waals surface area contributed by atoms with Gasteiger partial charge in [-0.2, -0.15) is 0 Å². The smallest absolute Gasteiger partial charge is 0.0714 e. The molecule has 4 N–H and O–H groups in total. The Morgan fingerprint density at radius 2 is 1.90 bits per heavy atom. The molecule has 0 aliphatic carbocycles. The summed E-state index contributed by atoms with van der Waals surface area (Å²) in [5, 5.41) is 17.8. The highest BCUT2D eigenvalue weighted by Gasteiger charge is 2.16. The summed E-state index contributed by atoms with van der Waals surface area (Å²) in [5.74, 6) is 0.168. The van der Waals surface area contributed by atoms with Crippen molar-refractivity contribution in [3.8, 4) is 0 Å². The van der Waals surface area contributed by atoms with Crippen LogP contribution < -0.4 is 5.73 Å². The maximum atomic E-state index is 9.29. The molecule has 0 saturated carbocycles. The molecule has 0 aromatic heterocycles. The van der Waals surface area contributed by atoms with Gasteiger partial charge in [0.15, 0.2) is 0 Å². The van der Waals surface area contributed by atoms with Crippen LogP contribution in [0.25, 0.3) is 0 Å². The number of nitrogens with two attached hydrogens (primary N) is 1. The van der Waals surface area contributed by atoms with E-state index in [2.05, 4.69) is 0 Å². The molecule has 0 fully saturated rings. The molecule has 0 heterocycles. The molecule has 0 aromatic carbocycles. The van der Waals surface area contributed by atoms with E-state index in [1.54, 1.807) is 0 Å². The molecule has 2 atom stereocenters. The zero-order valence-corrected chi connectivity index (χ0v) is 6.62. The van der Waals surface area contributed by atoms with Crippen molar-refractivity contribution in [2.24, 2.45) is 11.7 Å². The number of hydrogen-bond acceptors (Lipinski definition) is 3. The van der Waals surface area contributed by atoms with E-state index >= 15 is 0 Å². The molecule has 0 aromatic rings. The molecule has 0 amide bonds. The Kier molecular flexibility index (Phi) is 4.60. The average Bonchev–Trinajstić information content (AvgIpc) is 1.87. The molecule has 10 heavy (non-hydrogen) atoms. The van der Waals surface area contributed by atoms with E-state index in [4.69, 9.17) is 10.8 Å². The molecule has 0 aliphatic rings. The van der Waals surface area contributed by atoms with Crippen LogP contribution >= 0.6 is 0 Å². The van der Waals surface area contributed by atoms with E-state index in [0.717, 1.165) is 0 Å². The van der Waals surface area contributed by atoms with Crippen molar-refractivity contribution in [3.63, 3.8) is 0 Å².